The number of aliphatic hydroxyl groups is 1. The largest absolute Gasteiger partial charge is 0.379 e. The molecule has 7 heteroatoms. The Labute approximate surface area is 91.4 Å². The molecule has 3 rings (SSSR count). The van der Waals surface area contributed by atoms with Gasteiger partial charge in [0.25, 0.3) is 5.69 Å². The van der Waals surface area contributed by atoms with Crippen molar-refractivity contribution in [2.75, 3.05) is 6.54 Å². The number of nitrogens with zero attached hydrogens (tertiary/aromatic N) is 3. The van der Waals surface area contributed by atoms with E-state index in [1.807, 2.05) is 6.92 Å². The van der Waals surface area contributed by atoms with Crippen molar-refractivity contribution in [2.45, 2.75) is 31.4 Å². The summed E-state index contributed by atoms with van der Waals surface area (Å²) in [6.45, 7) is 2.19. The molecule has 0 radical (unpaired) electrons. The average molecular weight is 227 g/mol. The maximum Gasteiger partial charge on any atom is 0.254 e. The van der Waals surface area contributed by atoms with E-state index >= 15 is 0 Å². The molecule has 0 unspecified atom stereocenters. The minimum atomic E-state index is -1.28. The highest BCUT2D eigenvalue weighted by atomic mass is 16.8. The molecular weight excluding hydrogens is 214 g/mol. The Kier molecular flexibility index (Phi) is 1.84. The Morgan fingerprint density at radius 1 is 1.69 bits per heavy atom. The molecule has 0 amide bonds. The number of hydrogen-bond acceptors (Lipinski definition) is 6. The molecular formula is C9H13N3O4. The number of hydroxylamine groups is 2. The molecule has 16 heavy (non-hydrogen) atoms. The van der Waals surface area contributed by atoms with Gasteiger partial charge in [-0.05, 0) is 11.3 Å². The molecule has 0 bridgehead atoms. The van der Waals surface area contributed by atoms with Gasteiger partial charge in [-0.3, -0.25) is 4.63 Å². The lowest BCUT2D eigenvalue weighted by Crippen LogP contribution is -2.49. The Morgan fingerprint density at radius 2 is 2.44 bits per heavy atom. The molecule has 1 aromatic heterocycles. The van der Waals surface area contributed by atoms with Gasteiger partial charge in [0.05, 0.1) is 6.04 Å². The topological polar surface area (TPSA) is 96.7 Å². The van der Waals surface area contributed by atoms with E-state index in [1.54, 1.807) is 0 Å². The summed E-state index contributed by atoms with van der Waals surface area (Å²) in [4.78, 5) is 0.344. The van der Waals surface area contributed by atoms with Crippen LogP contribution in [0.3, 0.4) is 0 Å². The Morgan fingerprint density at radius 3 is 3.19 bits per heavy atom. The summed E-state index contributed by atoms with van der Waals surface area (Å²) >= 11 is 0. The molecule has 2 heterocycles. The molecule has 1 saturated heterocycles. The highest BCUT2D eigenvalue weighted by Gasteiger charge is 2.60. The zero-order valence-electron chi connectivity index (χ0n) is 8.83. The summed E-state index contributed by atoms with van der Waals surface area (Å²) in [7, 11) is 0. The number of hydrogen-bond donors (Lipinski definition) is 2. The van der Waals surface area contributed by atoms with Crippen LogP contribution in [0.5, 0.6) is 0 Å². The third kappa shape index (κ3) is 0.977. The maximum absolute atomic E-state index is 11.3. The predicted molar refractivity (Wildman–Crippen MR) is 49.1 cm³/mol. The van der Waals surface area contributed by atoms with Gasteiger partial charge in [-0.1, -0.05) is 6.92 Å². The molecule has 1 aromatic rings. The van der Waals surface area contributed by atoms with Crippen molar-refractivity contribution >= 4 is 0 Å². The first-order chi connectivity index (χ1) is 7.55. The highest BCUT2D eigenvalue weighted by Crippen LogP contribution is 2.45. The summed E-state index contributed by atoms with van der Waals surface area (Å²) < 4.78 is 4.53. The van der Waals surface area contributed by atoms with E-state index in [-0.39, 0.29) is 11.6 Å². The van der Waals surface area contributed by atoms with Gasteiger partial charge in [-0.15, -0.1) is 0 Å². The van der Waals surface area contributed by atoms with E-state index in [0.29, 0.717) is 30.0 Å². The van der Waals surface area contributed by atoms with Crippen LogP contribution in [0.25, 0.3) is 0 Å². The maximum atomic E-state index is 11.3. The van der Waals surface area contributed by atoms with Crippen LogP contribution in [0.2, 0.25) is 0 Å². The minimum Gasteiger partial charge on any atom is -0.379 e. The van der Waals surface area contributed by atoms with E-state index in [2.05, 4.69) is 9.79 Å². The van der Waals surface area contributed by atoms with Gasteiger partial charge in [0.2, 0.25) is 5.69 Å². The van der Waals surface area contributed by atoms with Crippen LogP contribution >= 0.6 is 0 Å². The van der Waals surface area contributed by atoms with Crippen LogP contribution in [0.4, 0.5) is 0 Å². The van der Waals surface area contributed by atoms with Gasteiger partial charge < -0.3 is 15.5 Å². The molecule has 0 spiro atoms. The zero-order valence-corrected chi connectivity index (χ0v) is 8.83. The van der Waals surface area contributed by atoms with Crippen molar-refractivity contribution in [3.05, 3.63) is 16.6 Å². The fourth-order valence-corrected chi connectivity index (χ4v) is 2.92. The minimum absolute atomic E-state index is 0.188. The molecule has 0 aromatic carbocycles. The SMILES string of the molecule is C[C@@H]1CN(O)[C@H]2CCc3c(no[n+]3[O-])[C@]12O. The molecule has 1 aliphatic heterocycles. The van der Waals surface area contributed by atoms with Gasteiger partial charge in [0.15, 0.2) is 5.60 Å². The van der Waals surface area contributed by atoms with E-state index in [0.717, 1.165) is 5.06 Å². The van der Waals surface area contributed by atoms with E-state index in [9.17, 15) is 15.5 Å². The van der Waals surface area contributed by atoms with Gasteiger partial charge in [0, 0.05) is 24.0 Å². The van der Waals surface area contributed by atoms with Crippen LogP contribution in [0.15, 0.2) is 4.63 Å². The second-order valence-electron chi connectivity index (χ2n) is 4.63. The zero-order chi connectivity index (χ0) is 11.5. The smallest absolute Gasteiger partial charge is 0.254 e. The second kappa shape index (κ2) is 2.93. The Hall–Kier alpha value is -1.18. The lowest BCUT2D eigenvalue weighted by Gasteiger charge is -2.33. The number of fused-ring (bicyclic) bond motifs is 3. The van der Waals surface area contributed by atoms with Crippen molar-refractivity contribution in [1.29, 1.82) is 0 Å². The van der Waals surface area contributed by atoms with Crippen molar-refractivity contribution in [3.63, 3.8) is 0 Å². The van der Waals surface area contributed by atoms with Gasteiger partial charge >= 0.3 is 0 Å². The summed E-state index contributed by atoms with van der Waals surface area (Å²) in [6.07, 6.45) is 0.979. The first-order valence-corrected chi connectivity index (χ1v) is 5.32. The third-order valence-electron chi connectivity index (χ3n) is 3.81. The number of aromatic nitrogens is 2. The fourth-order valence-electron chi connectivity index (χ4n) is 2.92. The average Bonchev–Trinajstić information content (AvgIpc) is 2.70. The van der Waals surface area contributed by atoms with E-state index in [1.165, 1.54) is 0 Å². The van der Waals surface area contributed by atoms with Crippen LogP contribution in [0, 0.1) is 11.1 Å². The molecule has 1 aliphatic carbocycles. The molecule has 1 fully saturated rings. The first kappa shape index (κ1) is 10.0. The summed E-state index contributed by atoms with van der Waals surface area (Å²) in [5.41, 5.74) is -0.620. The lowest BCUT2D eigenvalue weighted by molar-refractivity contribution is -0.808. The Bertz CT molecular complexity index is 434. The van der Waals surface area contributed by atoms with E-state index < -0.39 is 11.6 Å². The van der Waals surface area contributed by atoms with Crippen LogP contribution < -0.4 is 4.90 Å². The van der Waals surface area contributed by atoms with Crippen LogP contribution in [-0.4, -0.2) is 33.1 Å². The second-order valence-corrected chi connectivity index (χ2v) is 4.63. The van der Waals surface area contributed by atoms with Crippen molar-refractivity contribution < 1.29 is 19.8 Å². The fraction of sp³-hybridized carbons (Fsp3) is 0.778. The molecule has 2 aliphatic rings. The lowest BCUT2D eigenvalue weighted by atomic mass is 9.76. The molecule has 88 valence electrons. The van der Waals surface area contributed by atoms with Gasteiger partial charge in [0.1, 0.15) is 0 Å². The van der Waals surface area contributed by atoms with Crippen LogP contribution in [-0.2, 0) is 12.0 Å². The van der Waals surface area contributed by atoms with Crippen molar-refractivity contribution in [3.8, 4) is 0 Å². The molecule has 3 atom stereocenters. The quantitative estimate of drug-likeness (QED) is 0.560. The summed E-state index contributed by atoms with van der Waals surface area (Å²) in [5, 5.41) is 36.4. The summed E-state index contributed by atoms with van der Waals surface area (Å²) in [5.74, 6) is -0.188. The highest BCUT2D eigenvalue weighted by molar-refractivity contribution is 5.25. The van der Waals surface area contributed by atoms with Crippen LogP contribution in [0.1, 0.15) is 24.7 Å². The van der Waals surface area contributed by atoms with Crippen molar-refractivity contribution in [1.82, 2.24) is 10.2 Å². The summed E-state index contributed by atoms with van der Waals surface area (Å²) in [6, 6.07) is -0.403. The van der Waals surface area contributed by atoms with Gasteiger partial charge in [-0.25, -0.2) is 0 Å². The third-order valence-corrected chi connectivity index (χ3v) is 3.81. The monoisotopic (exact) mass is 227 g/mol. The van der Waals surface area contributed by atoms with Gasteiger partial charge in [-0.2, -0.15) is 5.06 Å². The first-order valence-electron chi connectivity index (χ1n) is 5.32. The van der Waals surface area contributed by atoms with E-state index in [4.69, 9.17) is 0 Å². The molecule has 2 N–H and O–H groups in total. The number of rotatable bonds is 0. The normalized spacial score (nSPS) is 38.4. The predicted octanol–water partition coefficient (Wildman–Crippen LogP) is -0.849. The van der Waals surface area contributed by atoms with Crippen molar-refractivity contribution in [2.24, 2.45) is 5.92 Å². The standard InChI is InChI=1S/C9H13N3O4/c1-5-4-11(14)7-3-2-6-8(9(5,7)13)10-16-12(6)15/h5,7,13-14H,2-4H2,1H3/t5-,7+,9+/m1/s1. The molecule has 7 nitrogen and oxygen atoms in total. The molecule has 0 saturated carbocycles. The Balaban J connectivity index is 2.16.